The summed E-state index contributed by atoms with van der Waals surface area (Å²) in [6.07, 6.45) is 5.68. The maximum atomic E-state index is 11.3. The van der Waals surface area contributed by atoms with Gasteiger partial charge in [0.05, 0.1) is 11.2 Å². The minimum atomic E-state index is -0.0605. The summed E-state index contributed by atoms with van der Waals surface area (Å²) in [5.74, 6) is -0.0605. The van der Waals surface area contributed by atoms with Crippen LogP contribution in [0, 0.1) is 0 Å². The average molecular weight is 261 g/mol. The molecule has 0 saturated heterocycles. The predicted molar refractivity (Wildman–Crippen MR) is 73.4 cm³/mol. The summed E-state index contributed by atoms with van der Waals surface area (Å²) < 4.78 is 0. The van der Waals surface area contributed by atoms with Gasteiger partial charge >= 0.3 is 0 Å². The van der Waals surface area contributed by atoms with Crippen molar-refractivity contribution in [3.8, 4) is 10.6 Å². The number of thiophene rings is 1. The van der Waals surface area contributed by atoms with Crippen molar-refractivity contribution in [2.45, 2.75) is 13.3 Å². The van der Waals surface area contributed by atoms with E-state index in [1.807, 2.05) is 24.4 Å². The molecule has 2 N–H and O–H groups in total. The fraction of sp³-hybridized carbons (Fsp3) is 0.231. The number of nitrogens with zero attached hydrogens (tertiary/aromatic N) is 1. The van der Waals surface area contributed by atoms with Crippen molar-refractivity contribution in [3.05, 3.63) is 41.7 Å². The summed E-state index contributed by atoms with van der Waals surface area (Å²) in [4.78, 5) is 19.9. The van der Waals surface area contributed by atoms with Gasteiger partial charge in [-0.2, -0.15) is 0 Å². The zero-order chi connectivity index (χ0) is 12.8. The molecular weight excluding hydrogens is 246 g/mol. The van der Waals surface area contributed by atoms with E-state index >= 15 is 0 Å². The van der Waals surface area contributed by atoms with Crippen LogP contribution in [-0.4, -0.2) is 22.4 Å². The molecule has 0 saturated carbocycles. The van der Waals surface area contributed by atoms with Crippen LogP contribution in [0.1, 0.15) is 12.6 Å². The molecule has 4 nitrogen and oxygen atoms in total. The van der Waals surface area contributed by atoms with Gasteiger partial charge in [-0.05, 0) is 24.4 Å². The van der Waals surface area contributed by atoms with E-state index in [4.69, 9.17) is 0 Å². The molecule has 0 radical (unpaired) electrons. The molecule has 0 bridgehead atoms. The smallest absolute Gasteiger partial charge is 0.243 e. The number of carbonyl (C=O) groups excluding carboxylic acids is 1. The highest BCUT2D eigenvalue weighted by molar-refractivity contribution is 7.13. The molecule has 5 heteroatoms. The highest BCUT2D eigenvalue weighted by Gasteiger charge is 2.08. The van der Waals surface area contributed by atoms with E-state index in [0.29, 0.717) is 6.54 Å². The van der Waals surface area contributed by atoms with Crippen LogP contribution >= 0.6 is 11.3 Å². The lowest BCUT2D eigenvalue weighted by Crippen LogP contribution is -2.23. The molecule has 0 fully saturated rings. The Morgan fingerprint density at radius 3 is 3.22 bits per heavy atom. The Bertz CT molecular complexity index is 528. The summed E-state index contributed by atoms with van der Waals surface area (Å²) >= 11 is 1.66. The molecule has 0 aliphatic carbocycles. The van der Waals surface area contributed by atoms with E-state index in [9.17, 15) is 4.79 Å². The number of amides is 1. The van der Waals surface area contributed by atoms with E-state index < -0.39 is 0 Å². The lowest BCUT2D eigenvalue weighted by Gasteiger charge is -2.02. The minimum absolute atomic E-state index is 0.0605. The van der Waals surface area contributed by atoms with Crippen molar-refractivity contribution in [2.75, 3.05) is 6.54 Å². The lowest BCUT2D eigenvalue weighted by atomic mass is 10.2. The summed E-state index contributed by atoms with van der Waals surface area (Å²) in [5.41, 5.74) is 2.03. The monoisotopic (exact) mass is 261 g/mol. The predicted octanol–water partition coefficient (Wildman–Crippen LogP) is 2.37. The Labute approximate surface area is 110 Å². The van der Waals surface area contributed by atoms with E-state index in [-0.39, 0.29) is 5.91 Å². The number of H-pyrrole nitrogens is 1. The Balaban J connectivity index is 1.95. The van der Waals surface area contributed by atoms with Gasteiger partial charge in [0, 0.05) is 18.7 Å². The quantitative estimate of drug-likeness (QED) is 0.812. The molecule has 0 spiro atoms. The second-order valence-corrected chi connectivity index (χ2v) is 4.70. The number of hydrogen-bond donors (Lipinski definition) is 2. The van der Waals surface area contributed by atoms with Gasteiger partial charge in [-0.3, -0.25) is 4.79 Å². The molecule has 94 valence electrons. The van der Waals surface area contributed by atoms with Crippen molar-refractivity contribution >= 4 is 17.2 Å². The third-order valence-electron chi connectivity index (χ3n) is 2.47. The first kappa shape index (κ1) is 12.6. The Morgan fingerprint density at radius 2 is 2.50 bits per heavy atom. The Hall–Kier alpha value is -1.88. The zero-order valence-corrected chi connectivity index (χ0v) is 11.0. The number of hydrogen-bond acceptors (Lipinski definition) is 3. The molecule has 0 aliphatic heterocycles. The van der Waals surface area contributed by atoms with Gasteiger partial charge in [0.1, 0.15) is 5.69 Å². The highest BCUT2D eigenvalue weighted by atomic mass is 32.1. The fourth-order valence-corrected chi connectivity index (χ4v) is 2.41. The molecule has 0 aromatic carbocycles. The number of carbonyl (C=O) groups is 1. The fourth-order valence-electron chi connectivity index (χ4n) is 1.66. The average Bonchev–Trinajstić information content (AvgIpc) is 2.98. The standard InChI is InChI=1S/C13H15N3OS/c1-2-4-12(17)14-7-6-10-13(16-9-15-10)11-5-3-8-18-11/h2-5,8-9H,6-7H2,1H3,(H,14,17)(H,15,16)/b4-2+. The minimum Gasteiger partial charge on any atom is -0.352 e. The molecule has 0 unspecified atom stereocenters. The summed E-state index contributed by atoms with van der Waals surface area (Å²) in [7, 11) is 0. The van der Waals surface area contributed by atoms with Crippen LogP contribution in [0.5, 0.6) is 0 Å². The molecule has 2 aromatic heterocycles. The normalized spacial score (nSPS) is 10.9. The first-order chi connectivity index (χ1) is 8.81. The first-order valence-electron chi connectivity index (χ1n) is 5.78. The second kappa shape index (κ2) is 6.16. The van der Waals surface area contributed by atoms with Gasteiger partial charge in [0.2, 0.25) is 5.91 Å². The number of allylic oxidation sites excluding steroid dienone is 1. The molecule has 2 rings (SSSR count). The first-order valence-corrected chi connectivity index (χ1v) is 6.66. The van der Waals surface area contributed by atoms with Crippen molar-refractivity contribution in [3.63, 3.8) is 0 Å². The van der Waals surface area contributed by atoms with Crippen LogP contribution in [0.15, 0.2) is 36.0 Å². The lowest BCUT2D eigenvalue weighted by molar-refractivity contribution is -0.116. The van der Waals surface area contributed by atoms with E-state index in [1.165, 1.54) is 6.08 Å². The number of rotatable bonds is 5. The van der Waals surface area contributed by atoms with Gasteiger partial charge < -0.3 is 10.3 Å². The van der Waals surface area contributed by atoms with E-state index in [0.717, 1.165) is 22.7 Å². The summed E-state index contributed by atoms with van der Waals surface area (Å²) in [6, 6.07) is 4.05. The molecular formula is C13H15N3OS. The van der Waals surface area contributed by atoms with Crippen LogP contribution in [-0.2, 0) is 11.2 Å². The molecule has 0 aliphatic rings. The molecule has 18 heavy (non-hydrogen) atoms. The van der Waals surface area contributed by atoms with Gasteiger partial charge in [-0.1, -0.05) is 12.1 Å². The van der Waals surface area contributed by atoms with E-state index in [2.05, 4.69) is 15.3 Å². The maximum Gasteiger partial charge on any atom is 0.243 e. The molecule has 2 aromatic rings. The van der Waals surface area contributed by atoms with Crippen LogP contribution in [0.3, 0.4) is 0 Å². The second-order valence-electron chi connectivity index (χ2n) is 3.75. The van der Waals surface area contributed by atoms with Crippen LogP contribution < -0.4 is 5.32 Å². The van der Waals surface area contributed by atoms with Gasteiger partial charge in [-0.25, -0.2) is 4.98 Å². The van der Waals surface area contributed by atoms with Gasteiger partial charge in [0.15, 0.2) is 0 Å². The topological polar surface area (TPSA) is 57.8 Å². The number of imidazole rings is 1. The third-order valence-corrected chi connectivity index (χ3v) is 3.34. The maximum absolute atomic E-state index is 11.3. The van der Waals surface area contributed by atoms with Crippen molar-refractivity contribution in [1.82, 2.24) is 15.3 Å². The summed E-state index contributed by atoms with van der Waals surface area (Å²) in [6.45, 7) is 2.42. The number of nitrogens with one attached hydrogen (secondary N) is 2. The van der Waals surface area contributed by atoms with Gasteiger partial charge in [0.25, 0.3) is 0 Å². The van der Waals surface area contributed by atoms with E-state index in [1.54, 1.807) is 23.7 Å². The molecule has 2 heterocycles. The van der Waals surface area contributed by atoms with Crippen LogP contribution in [0.4, 0.5) is 0 Å². The Kier molecular flexibility index (Phi) is 4.30. The molecule has 1 amide bonds. The largest absolute Gasteiger partial charge is 0.352 e. The highest BCUT2D eigenvalue weighted by Crippen LogP contribution is 2.25. The van der Waals surface area contributed by atoms with Crippen molar-refractivity contribution < 1.29 is 4.79 Å². The zero-order valence-electron chi connectivity index (χ0n) is 10.1. The number of aromatic amines is 1. The molecule has 0 atom stereocenters. The van der Waals surface area contributed by atoms with Crippen molar-refractivity contribution in [2.24, 2.45) is 0 Å². The van der Waals surface area contributed by atoms with Crippen LogP contribution in [0.2, 0.25) is 0 Å². The SMILES string of the molecule is C/C=C/C(=O)NCCc1[nH]cnc1-c1cccs1. The van der Waals surface area contributed by atoms with Gasteiger partial charge in [-0.15, -0.1) is 11.3 Å². The Morgan fingerprint density at radius 1 is 1.61 bits per heavy atom. The van der Waals surface area contributed by atoms with Crippen LogP contribution in [0.25, 0.3) is 10.6 Å². The third kappa shape index (κ3) is 3.07. The summed E-state index contributed by atoms with van der Waals surface area (Å²) in [5, 5.41) is 4.85. The van der Waals surface area contributed by atoms with Crippen molar-refractivity contribution in [1.29, 1.82) is 0 Å². The number of aromatic nitrogens is 2.